The number of nitrogens with zero attached hydrogens (tertiary/aromatic N) is 2. The van der Waals surface area contributed by atoms with Crippen molar-refractivity contribution in [1.82, 2.24) is 9.97 Å². The quantitative estimate of drug-likeness (QED) is 0.833. The van der Waals surface area contributed by atoms with Gasteiger partial charge in [-0.1, -0.05) is 11.6 Å². The third kappa shape index (κ3) is 2.62. The van der Waals surface area contributed by atoms with Crippen molar-refractivity contribution in [2.75, 3.05) is 5.32 Å². The fraction of sp³-hybridized carbons (Fsp3) is 0.182. The summed E-state index contributed by atoms with van der Waals surface area (Å²) in [6.07, 6.45) is 1.45. The highest BCUT2D eigenvalue weighted by Crippen LogP contribution is 2.13. The third-order valence-electron chi connectivity index (χ3n) is 2.12. The molecule has 0 fully saturated rings. The summed E-state index contributed by atoms with van der Waals surface area (Å²) in [6.45, 7) is 3.55. The monoisotopic (exact) mass is 251 g/mol. The van der Waals surface area contributed by atoms with Crippen molar-refractivity contribution in [2.45, 2.75) is 13.8 Å². The minimum Gasteiger partial charge on any atom is -0.459 e. The van der Waals surface area contributed by atoms with Crippen molar-refractivity contribution in [1.29, 1.82) is 0 Å². The van der Waals surface area contributed by atoms with Crippen LogP contribution in [0.2, 0.25) is 5.15 Å². The molecular formula is C11H10ClN3O2. The summed E-state index contributed by atoms with van der Waals surface area (Å²) in [5.41, 5.74) is 1.43. The van der Waals surface area contributed by atoms with E-state index in [9.17, 15) is 4.79 Å². The fourth-order valence-electron chi connectivity index (χ4n) is 1.35. The van der Waals surface area contributed by atoms with Crippen LogP contribution < -0.4 is 5.32 Å². The van der Waals surface area contributed by atoms with E-state index in [2.05, 4.69) is 15.3 Å². The van der Waals surface area contributed by atoms with Crippen molar-refractivity contribution < 1.29 is 9.21 Å². The van der Waals surface area contributed by atoms with Crippen LogP contribution in [0.3, 0.4) is 0 Å². The molecule has 0 saturated carbocycles. The van der Waals surface area contributed by atoms with Gasteiger partial charge in [0.2, 0.25) is 5.95 Å². The predicted molar refractivity (Wildman–Crippen MR) is 63.2 cm³/mol. The lowest BCUT2D eigenvalue weighted by Gasteiger charge is -2.03. The highest BCUT2D eigenvalue weighted by atomic mass is 35.5. The van der Waals surface area contributed by atoms with Crippen molar-refractivity contribution in [3.63, 3.8) is 0 Å². The summed E-state index contributed by atoms with van der Waals surface area (Å²) >= 11 is 5.76. The van der Waals surface area contributed by atoms with Gasteiger partial charge in [0.15, 0.2) is 5.76 Å². The van der Waals surface area contributed by atoms with Gasteiger partial charge in [0.1, 0.15) is 5.15 Å². The van der Waals surface area contributed by atoms with E-state index in [-0.39, 0.29) is 16.9 Å². The van der Waals surface area contributed by atoms with Gasteiger partial charge in [-0.2, -0.15) is 0 Å². The molecule has 1 amide bonds. The number of carbonyl (C=O) groups excluding carboxylic acids is 1. The summed E-state index contributed by atoms with van der Waals surface area (Å²) in [4.78, 5) is 19.7. The van der Waals surface area contributed by atoms with Gasteiger partial charge in [-0.15, -0.1) is 0 Å². The second kappa shape index (κ2) is 4.55. The van der Waals surface area contributed by atoms with E-state index >= 15 is 0 Å². The lowest BCUT2D eigenvalue weighted by atomic mass is 10.3. The molecule has 2 heterocycles. The van der Waals surface area contributed by atoms with Gasteiger partial charge >= 0.3 is 0 Å². The zero-order chi connectivity index (χ0) is 12.4. The largest absolute Gasteiger partial charge is 0.459 e. The molecule has 0 aliphatic rings. The smallest absolute Gasteiger partial charge is 0.293 e. The van der Waals surface area contributed by atoms with Crippen LogP contribution in [0.15, 0.2) is 22.8 Å². The van der Waals surface area contributed by atoms with E-state index in [1.807, 2.05) is 0 Å². The maximum Gasteiger partial charge on any atom is 0.293 e. The van der Waals surface area contributed by atoms with E-state index in [0.29, 0.717) is 5.69 Å². The molecule has 0 atom stereocenters. The number of hydrogen-bond acceptors (Lipinski definition) is 4. The molecule has 0 unspecified atom stereocenters. The van der Waals surface area contributed by atoms with Gasteiger partial charge in [-0.25, -0.2) is 9.97 Å². The van der Waals surface area contributed by atoms with Gasteiger partial charge < -0.3 is 4.42 Å². The molecule has 0 radical (unpaired) electrons. The zero-order valence-electron chi connectivity index (χ0n) is 9.32. The Bertz CT molecular complexity index is 545. The van der Waals surface area contributed by atoms with Crippen LogP contribution in [0.5, 0.6) is 0 Å². The summed E-state index contributed by atoms with van der Waals surface area (Å²) in [6, 6.07) is 3.31. The highest BCUT2D eigenvalue weighted by Gasteiger charge is 2.14. The fourth-order valence-corrected chi connectivity index (χ4v) is 1.59. The minimum absolute atomic E-state index is 0.163. The lowest BCUT2D eigenvalue weighted by Crippen LogP contribution is -2.14. The first-order chi connectivity index (χ1) is 8.06. The predicted octanol–water partition coefficient (Wildman–Crippen LogP) is 2.59. The Morgan fingerprint density at radius 1 is 1.41 bits per heavy atom. The molecule has 0 saturated heterocycles. The molecule has 17 heavy (non-hydrogen) atoms. The molecule has 0 aliphatic carbocycles. The van der Waals surface area contributed by atoms with Crippen LogP contribution in [0, 0.1) is 13.8 Å². The van der Waals surface area contributed by atoms with E-state index in [4.69, 9.17) is 16.0 Å². The third-order valence-corrected chi connectivity index (χ3v) is 2.31. The summed E-state index contributed by atoms with van der Waals surface area (Å²) in [5, 5.41) is 2.81. The first kappa shape index (κ1) is 11.6. The molecule has 1 N–H and O–H groups in total. The summed E-state index contributed by atoms with van der Waals surface area (Å²) in [7, 11) is 0. The van der Waals surface area contributed by atoms with Crippen molar-refractivity contribution in [2.24, 2.45) is 0 Å². The number of rotatable bonds is 2. The molecule has 2 aromatic heterocycles. The van der Waals surface area contributed by atoms with Crippen molar-refractivity contribution in [3.8, 4) is 0 Å². The highest BCUT2D eigenvalue weighted by molar-refractivity contribution is 6.29. The number of hydrogen-bond donors (Lipinski definition) is 1. The van der Waals surface area contributed by atoms with Crippen LogP contribution in [-0.2, 0) is 0 Å². The van der Waals surface area contributed by atoms with Gasteiger partial charge in [-0.05, 0) is 26.0 Å². The van der Waals surface area contributed by atoms with E-state index in [1.54, 1.807) is 26.0 Å². The number of furan rings is 1. The Labute approximate surface area is 103 Å². The topological polar surface area (TPSA) is 68.0 Å². The number of aromatic nitrogens is 2. The first-order valence-electron chi connectivity index (χ1n) is 4.93. The second-order valence-electron chi connectivity index (χ2n) is 3.54. The van der Waals surface area contributed by atoms with E-state index in [1.165, 1.54) is 6.26 Å². The summed E-state index contributed by atoms with van der Waals surface area (Å²) in [5.74, 6) is 0.0104. The average molecular weight is 252 g/mol. The number of carbonyl (C=O) groups is 1. The molecule has 0 aliphatic heterocycles. The Hall–Kier alpha value is -1.88. The Morgan fingerprint density at radius 2 is 2.18 bits per heavy atom. The average Bonchev–Trinajstić information content (AvgIpc) is 2.62. The van der Waals surface area contributed by atoms with Gasteiger partial charge in [0.25, 0.3) is 5.91 Å². The zero-order valence-corrected chi connectivity index (χ0v) is 10.1. The van der Waals surface area contributed by atoms with Crippen LogP contribution >= 0.6 is 11.6 Å². The molecule has 2 rings (SSSR count). The number of aryl methyl sites for hydroxylation is 2. The van der Waals surface area contributed by atoms with Crippen LogP contribution in [0.25, 0.3) is 0 Å². The van der Waals surface area contributed by atoms with Gasteiger partial charge in [0.05, 0.1) is 6.26 Å². The Balaban J connectivity index is 2.21. The Kier molecular flexibility index (Phi) is 3.10. The summed E-state index contributed by atoms with van der Waals surface area (Å²) < 4.78 is 5.06. The van der Waals surface area contributed by atoms with Crippen LogP contribution in [0.1, 0.15) is 21.8 Å². The Morgan fingerprint density at radius 3 is 2.76 bits per heavy atom. The number of halogens is 1. The van der Waals surface area contributed by atoms with E-state index in [0.717, 1.165) is 5.56 Å². The molecular weight excluding hydrogens is 242 g/mol. The van der Waals surface area contributed by atoms with Crippen molar-refractivity contribution in [3.05, 3.63) is 40.6 Å². The number of nitrogens with one attached hydrogen (secondary N) is 1. The lowest BCUT2D eigenvalue weighted by molar-refractivity contribution is 0.0995. The minimum atomic E-state index is -0.394. The number of anilines is 1. The molecule has 0 spiro atoms. The van der Waals surface area contributed by atoms with Gasteiger partial charge in [0, 0.05) is 11.3 Å². The molecule has 0 aromatic carbocycles. The SMILES string of the molecule is Cc1cc(Cl)nc(NC(=O)c2occc2C)n1. The molecule has 0 bridgehead atoms. The molecule has 5 nitrogen and oxygen atoms in total. The van der Waals surface area contributed by atoms with Crippen molar-refractivity contribution >= 4 is 23.5 Å². The molecule has 2 aromatic rings. The van der Waals surface area contributed by atoms with Crippen LogP contribution in [0.4, 0.5) is 5.95 Å². The maximum atomic E-state index is 11.8. The molecule has 6 heteroatoms. The molecule has 88 valence electrons. The first-order valence-corrected chi connectivity index (χ1v) is 5.30. The van der Waals surface area contributed by atoms with E-state index < -0.39 is 5.91 Å². The number of amides is 1. The standard InChI is InChI=1S/C11H10ClN3O2/c1-6-3-4-17-9(6)10(16)15-11-13-7(2)5-8(12)14-11/h3-5H,1-2H3,(H,13,14,15,16). The van der Waals surface area contributed by atoms with Crippen LogP contribution in [-0.4, -0.2) is 15.9 Å². The normalized spacial score (nSPS) is 10.3. The maximum absolute atomic E-state index is 11.8. The second-order valence-corrected chi connectivity index (χ2v) is 3.93. The van der Waals surface area contributed by atoms with Gasteiger partial charge in [-0.3, -0.25) is 10.1 Å².